The zero-order valence-corrected chi connectivity index (χ0v) is 12.7. The normalized spacial score (nSPS) is 19.3. The van der Waals surface area contributed by atoms with Crippen LogP contribution in [0.4, 0.5) is 13.2 Å². The Morgan fingerprint density at radius 2 is 2.13 bits per heavy atom. The number of rotatable bonds is 6. The van der Waals surface area contributed by atoms with E-state index >= 15 is 0 Å². The summed E-state index contributed by atoms with van der Waals surface area (Å²) in [6, 6.07) is 3.05. The van der Waals surface area contributed by atoms with Gasteiger partial charge >= 0.3 is 6.18 Å². The van der Waals surface area contributed by atoms with E-state index < -0.39 is 12.8 Å². The fourth-order valence-corrected chi connectivity index (χ4v) is 3.22. The van der Waals surface area contributed by atoms with Crippen LogP contribution in [0.1, 0.15) is 37.7 Å². The number of aromatic nitrogens is 1. The molecule has 1 amide bonds. The van der Waals surface area contributed by atoms with E-state index in [4.69, 9.17) is 0 Å². The molecule has 0 aromatic carbocycles. The average molecular weight is 328 g/mol. The lowest BCUT2D eigenvalue weighted by Gasteiger charge is -2.35. The number of amides is 1. The monoisotopic (exact) mass is 328 g/mol. The molecule has 0 unspecified atom stereocenters. The third-order valence-electron chi connectivity index (χ3n) is 4.55. The van der Waals surface area contributed by atoms with E-state index in [9.17, 15) is 18.0 Å². The topological polar surface area (TPSA) is 51.2 Å². The summed E-state index contributed by atoms with van der Waals surface area (Å²) in [5.74, 6) is 0.379. The molecule has 2 aliphatic carbocycles. The molecule has 7 heteroatoms. The summed E-state index contributed by atoms with van der Waals surface area (Å²) in [6.45, 7) is -1.11. The molecule has 1 aromatic rings. The Labute approximate surface area is 132 Å². The summed E-state index contributed by atoms with van der Waals surface area (Å²) in [5.41, 5.74) is 1.25. The Balaban J connectivity index is 1.41. The van der Waals surface area contributed by atoms with Gasteiger partial charge in [0.05, 0.1) is 0 Å². The van der Waals surface area contributed by atoms with Gasteiger partial charge in [-0.25, -0.2) is 4.98 Å². The quantitative estimate of drug-likeness (QED) is 0.872. The van der Waals surface area contributed by atoms with Crippen LogP contribution in [0.3, 0.4) is 0 Å². The summed E-state index contributed by atoms with van der Waals surface area (Å²) < 4.78 is 40.9. The first kappa shape index (κ1) is 16.1. The maximum absolute atomic E-state index is 12.1. The Morgan fingerprint density at radius 1 is 1.39 bits per heavy atom. The molecular weight excluding hydrogens is 309 g/mol. The second-order valence-corrected chi connectivity index (χ2v) is 6.66. The Hall–Kier alpha value is -1.79. The van der Waals surface area contributed by atoms with Crippen molar-refractivity contribution >= 4 is 5.91 Å². The van der Waals surface area contributed by atoms with Crippen LogP contribution in [0.25, 0.3) is 0 Å². The van der Waals surface area contributed by atoms with Crippen molar-refractivity contribution in [1.82, 2.24) is 10.3 Å². The highest BCUT2D eigenvalue weighted by atomic mass is 19.4. The minimum Gasteiger partial charge on any atom is -0.468 e. The fourth-order valence-electron chi connectivity index (χ4n) is 3.22. The van der Waals surface area contributed by atoms with Gasteiger partial charge in [0.2, 0.25) is 11.8 Å². The highest BCUT2D eigenvalue weighted by Gasteiger charge is 2.52. The first-order valence-electron chi connectivity index (χ1n) is 7.75. The second kappa shape index (κ2) is 6.02. The van der Waals surface area contributed by atoms with Crippen molar-refractivity contribution in [3.8, 4) is 5.88 Å². The first-order valence-corrected chi connectivity index (χ1v) is 7.75. The Morgan fingerprint density at radius 3 is 2.78 bits per heavy atom. The van der Waals surface area contributed by atoms with Crippen LogP contribution in [0, 0.1) is 11.3 Å². The van der Waals surface area contributed by atoms with Gasteiger partial charge in [-0.1, -0.05) is 0 Å². The van der Waals surface area contributed by atoms with Gasteiger partial charge in [0.25, 0.3) is 0 Å². The smallest absolute Gasteiger partial charge is 0.422 e. The third-order valence-corrected chi connectivity index (χ3v) is 4.55. The van der Waals surface area contributed by atoms with Crippen molar-refractivity contribution in [2.75, 3.05) is 6.61 Å². The molecular formula is C16H19F3N2O2. The predicted octanol–water partition coefficient (Wildman–Crippen LogP) is 3.22. The van der Waals surface area contributed by atoms with E-state index in [0.717, 1.165) is 12.8 Å². The number of hydrogen-bond acceptors (Lipinski definition) is 3. The second-order valence-electron chi connectivity index (χ2n) is 6.66. The van der Waals surface area contributed by atoms with Gasteiger partial charge in [-0.15, -0.1) is 0 Å². The number of alkyl halides is 3. The maximum Gasteiger partial charge on any atom is 0.422 e. The summed E-state index contributed by atoms with van der Waals surface area (Å²) in [7, 11) is 0. The van der Waals surface area contributed by atoms with Gasteiger partial charge < -0.3 is 10.1 Å². The third kappa shape index (κ3) is 4.59. The molecule has 0 atom stereocenters. The molecule has 3 rings (SSSR count). The van der Waals surface area contributed by atoms with Gasteiger partial charge in [0, 0.05) is 25.2 Å². The SMILES string of the molecule is O=C(CC1CC2(CC2)C1)NCc1ccnc(OCC(F)(F)F)c1. The lowest BCUT2D eigenvalue weighted by Crippen LogP contribution is -2.32. The van der Waals surface area contributed by atoms with E-state index in [-0.39, 0.29) is 18.3 Å². The van der Waals surface area contributed by atoms with E-state index in [1.807, 2.05) is 0 Å². The molecule has 2 fully saturated rings. The molecule has 1 heterocycles. The molecule has 2 saturated carbocycles. The number of ether oxygens (including phenoxy) is 1. The average Bonchev–Trinajstić information content (AvgIpc) is 3.23. The van der Waals surface area contributed by atoms with E-state index in [1.54, 1.807) is 6.07 Å². The van der Waals surface area contributed by atoms with Gasteiger partial charge in [0.15, 0.2) is 6.61 Å². The van der Waals surface area contributed by atoms with Crippen molar-refractivity contribution in [3.05, 3.63) is 23.9 Å². The van der Waals surface area contributed by atoms with Crippen LogP contribution in [0.5, 0.6) is 5.88 Å². The summed E-state index contributed by atoms with van der Waals surface area (Å²) >= 11 is 0. The largest absolute Gasteiger partial charge is 0.468 e. The number of nitrogens with one attached hydrogen (secondary N) is 1. The van der Waals surface area contributed by atoms with Gasteiger partial charge in [-0.05, 0) is 48.6 Å². The number of halogens is 3. The van der Waals surface area contributed by atoms with Crippen LogP contribution < -0.4 is 10.1 Å². The van der Waals surface area contributed by atoms with Crippen LogP contribution in [-0.2, 0) is 11.3 Å². The lowest BCUT2D eigenvalue weighted by molar-refractivity contribution is -0.154. The molecule has 1 N–H and O–H groups in total. The van der Waals surface area contributed by atoms with Crippen LogP contribution in [0.2, 0.25) is 0 Å². The summed E-state index contributed by atoms with van der Waals surface area (Å²) in [4.78, 5) is 15.6. The van der Waals surface area contributed by atoms with Crippen molar-refractivity contribution < 1.29 is 22.7 Å². The maximum atomic E-state index is 12.1. The molecule has 126 valence electrons. The highest BCUT2D eigenvalue weighted by Crippen LogP contribution is 2.63. The zero-order chi connectivity index (χ0) is 16.5. The molecule has 0 bridgehead atoms. The number of carbonyl (C=O) groups is 1. The van der Waals surface area contributed by atoms with E-state index in [2.05, 4.69) is 15.0 Å². The number of nitrogens with zero attached hydrogens (tertiary/aromatic N) is 1. The molecule has 1 aromatic heterocycles. The molecule has 4 nitrogen and oxygen atoms in total. The minimum atomic E-state index is -4.40. The number of carbonyl (C=O) groups excluding carboxylic acids is 1. The van der Waals surface area contributed by atoms with Crippen molar-refractivity contribution in [2.45, 2.75) is 44.8 Å². The van der Waals surface area contributed by atoms with Gasteiger partial charge in [0.1, 0.15) is 0 Å². The standard InChI is InChI=1S/C16H19F3N2O2/c17-16(18,19)10-23-14-6-11(1-4-20-14)9-21-13(22)5-12-7-15(8-12)2-3-15/h1,4,6,12H,2-3,5,7-10H2,(H,21,22). The Kier molecular flexibility index (Phi) is 4.21. The van der Waals surface area contributed by atoms with Crippen LogP contribution in [-0.4, -0.2) is 23.7 Å². The Bertz CT molecular complexity index is 577. The molecule has 2 aliphatic rings. The molecule has 23 heavy (non-hydrogen) atoms. The minimum absolute atomic E-state index is 0.0138. The lowest BCUT2D eigenvalue weighted by atomic mass is 9.70. The van der Waals surface area contributed by atoms with Gasteiger partial charge in [-0.3, -0.25) is 4.79 Å². The molecule has 1 spiro atoms. The predicted molar refractivity (Wildman–Crippen MR) is 76.6 cm³/mol. The highest BCUT2D eigenvalue weighted by molar-refractivity contribution is 5.76. The van der Waals surface area contributed by atoms with Gasteiger partial charge in [-0.2, -0.15) is 13.2 Å². The van der Waals surface area contributed by atoms with E-state index in [1.165, 1.54) is 25.1 Å². The summed E-state index contributed by atoms with van der Waals surface area (Å²) in [5, 5.41) is 2.80. The summed E-state index contributed by atoms with van der Waals surface area (Å²) in [6.07, 6.45) is 2.44. The molecule has 0 aliphatic heterocycles. The number of hydrogen-bond donors (Lipinski definition) is 1. The van der Waals surface area contributed by atoms with Crippen molar-refractivity contribution in [2.24, 2.45) is 11.3 Å². The first-order chi connectivity index (χ1) is 10.8. The zero-order valence-electron chi connectivity index (χ0n) is 12.7. The van der Waals surface area contributed by atoms with Crippen molar-refractivity contribution in [3.63, 3.8) is 0 Å². The van der Waals surface area contributed by atoms with Crippen molar-refractivity contribution in [1.29, 1.82) is 0 Å². The molecule has 0 radical (unpaired) electrons. The van der Waals surface area contributed by atoms with Crippen LogP contribution in [0.15, 0.2) is 18.3 Å². The molecule has 0 saturated heterocycles. The van der Waals surface area contributed by atoms with Crippen LogP contribution >= 0.6 is 0 Å². The van der Waals surface area contributed by atoms with E-state index in [0.29, 0.717) is 23.3 Å². The number of pyridine rings is 1. The fraction of sp³-hybridized carbons (Fsp3) is 0.625.